The lowest BCUT2D eigenvalue weighted by Crippen LogP contribution is -2.52. The molecule has 0 saturated carbocycles. The van der Waals surface area contributed by atoms with Crippen LogP contribution in [0, 0.1) is 0 Å². The van der Waals surface area contributed by atoms with E-state index in [2.05, 4.69) is 29.2 Å². The summed E-state index contributed by atoms with van der Waals surface area (Å²) in [5, 5.41) is 0. The number of hydrogen-bond donors (Lipinski definition) is 0. The molecule has 0 unspecified atom stereocenters. The molecule has 2 aromatic carbocycles. The Bertz CT molecular complexity index is 884. The lowest BCUT2D eigenvalue weighted by Gasteiger charge is -2.38. The lowest BCUT2D eigenvalue weighted by atomic mass is 9.88. The van der Waals surface area contributed by atoms with Crippen LogP contribution in [0.1, 0.15) is 29.9 Å². The first-order valence-electron chi connectivity index (χ1n) is 10.3. The second-order valence-electron chi connectivity index (χ2n) is 8.05. The first-order valence-corrected chi connectivity index (χ1v) is 12.2. The van der Waals surface area contributed by atoms with Gasteiger partial charge in [0.05, 0.1) is 11.5 Å². The molecular weight excluding hydrogens is 384 g/mol. The van der Waals surface area contributed by atoms with Crippen molar-refractivity contribution in [3.8, 4) is 0 Å². The summed E-state index contributed by atoms with van der Waals surface area (Å²) >= 11 is 0. The second kappa shape index (κ2) is 8.67. The highest BCUT2D eigenvalue weighted by Gasteiger charge is 2.34. The molecule has 2 aromatic rings. The Balaban J connectivity index is 1.40. The normalized spacial score (nSPS) is 22.1. The molecule has 0 aromatic heterocycles. The molecule has 0 spiro atoms. The molecule has 2 heterocycles. The average Bonchev–Trinajstić information content (AvgIpc) is 3.13. The Kier molecular flexibility index (Phi) is 6.01. The van der Waals surface area contributed by atoms with Gasteiger partial charge in [-0.3, -0.25) is 9.69 Å². The van der Waals surface area contributed by atoms with E-state index in [1.807, 2.05) is 41.3 Å². The maximum absolute atomic E-state index is 13.1. The van der Waals surface area contributed by atoms with E-state index >= 15 is 0 Å². The van der Waals surface area contributed by atoms with Gasteiger partial charge in [0, 0.05) is 44.6 Å². The summed E-state index contributed by atoms with van der Waals surface area (Å²) in [6.45, 7) is 2.86. The van der Waals surface area contributed by atoms with Gasteiger partial charge < -0.3 is 4.90 Å². The summed E-state index contributed by atoms with van der Waals surface area (Å²) < 4.78 is 23.5. The fourth-order valence-electron chi connectivity index (χ4n) is 4.50. The van der Waals surface area contributed by atoms with Gasteiger partial charge in [-0.05, 0) is 17.5 Å². The molecule has 2 fully saturated rings. The van der Waals surface area contributed by atoms with Crippen molar-refractivity contribution in [1.82, 2.24) is 9.80 Å². The maximum atomic E-state index is 13.1. The molecule has 5 nitrogen and oxygen atoms in total. The minimum absolute atomic E-state index is 0.0444. The second-order valence-corrected chi connectivity index (χ2v) is 10.3. The van der Waals surface area contributed by atoms with Crippen molar-refractivity contribution in [2.75, 3.05) is 37.7 Å². The fourth-order valence-corrected chi connectivity index (χ4v) is 6.26. The van der Waals surface area contributed by atoms with Crippen LogP contribution in [0.25, 0.3) is 0 Å². The van der Waals surface area contributed by atoms with Crippen molar-refractivity contribution in [2.45, 2.75) is 24.8 Å². The Hall–Kier alpha value is -2.18. The van der Waals surface area contributed by atoms with Crippen molar-refractivity contribution >= 4 is 15.7 Å². The molecule has 2 aliphatic rings. The molecule has 0 bridgehead atoms. The van der Waals surface area contributed by atoms with Crippen LogP contribution in [-0.4, -0.2) is 67.9 Å². The Morgan fingerprint density at radius 1 is 0.897 bits per heavy atom. The van der Waals surface area contributed by atoms with Gasteiger partial charge in [0.25, 0.3) is 0 Å². The van der Waals surface area contributed by atoms with Crippen molar-refractivity contribution in [3.05, 3.63) is 71.8 Å². The van der Waals surface area contributed by atoms with Crippen molar-refractivity contribution in [2.24, 2.45) is 0 Å². The predicted molar refractivity (Wildman–Crippen MR) is 115 cm³/mol. The number of piperazine rings is 1. The van der Waals surface area contributed by atoms with Gasteiger partial charge in [0.15, 0.2) is 9.84 Å². The molecule has 1 amide bonds. The molecule has 29 heavy (non-hydrogen) atoms. The topological polar surface area (TPSA) is 57.7 Å². The van der Waals surface area contributed by atoms with Crippen LogP contribution in [0.15, 0.2) is 60.7 Å². The van der Waals surface area contributed by atoms with E-state index in [-0.39, 0.29) is 23.6 Å². The highest BCUT2D eigenvalue weighted by Crippen LogP contribution is 2.29. The summed E-state index contributed by atoms with van der Waals surface area (Å²) in [7, 11) is -2.87. The Labute approximate surface area is 173 Å². The largest absolute Gasteiger partial charge is 0.340 e. The molecular formula is C23H28N2O3S. The molecule has 2 aliphatic heterocycles. The van der Waals surface area contributed by atoms with E-state index in [1.54, 1.807) is 0 Å². The molecule has 0 aliphatic carbocycles. The summed E-state index contributed by atoms with van der Waals surface area (Å²) in [5.74, 6) is 0.779. The SMILES string of the molecule is O=C(CC(c1ccccc1)c1ccccc1)N1CCN([C@@H]2CCS(=O)(=O)C2)CC1. The van der Waals surface area contributed by atoms with Crippen LogP contribution in [0.5, 0.6) is 0 Å². The number of nitrogens with zero attached hydrogens (tertiary/aromatic N) is 2. The Morgan fingerprint density at radius 2 is 1.45 bits per heavy atom. The highest BCUT2D eigenvalue weighted by atomic mass is 32.2. The predicted octanol–water partition coefficient (Wildman–Crippen LogP) is 2.54. The number of sulfone groups is 1. The number of hydrogen-bond acceptors (Lipinski definition) is 4. The van der Waals surface area contributed by atoms with Gasteiger partial charge in [-0.15, -0.1) is 0 Å². The van der Waals surface area contributed by atoms with Crippen LogP contribution in [0.4, 0.5) is 0 Å². The third-order valence-electron chi connectivity index (χ3n) is 6.17. The number of rotatable bonds is 5. The van der Waals surface area contributed by atoms with E-state index in [4.69, 9.17) is 0 Å². The van der Waals surface area contributed by atoms with Gasteiger partial charge in [0.2, 0.25) is 5.91 Å². The van der Waals surface area contributed by atoms with Gasteiger partial charge in [0.1, 0.15) is 0 Å². The van der Waals surface area contributed by atoms with E-state index in [0.29, 0.717) is 25.3 Å². The van der Waals surface area contributed by atoms with Crippen LogP contribution in [0.3, 0.4) is 0 Å². The zero-order chi connectivity index (χ0) is 20.3. The number of carbonyl (C=O) groups is 1. The third-order valence-corrected chi connectivity index (χ3v) is 7.92. The molecule has 0 radical (unpaired) electrons. The van der Waals surface area contributed by atoms with Crippen LogP contribution in [0.2, 0.25) is 0 Å². The third kappa shape index (κ3) is 4.87. The average molecular weight is 413 g/mol. The first kappa shape index (κ1) is 20.1. The summed E-state index contributed by atoms with van der Waals surface area (Å²) in [6, 6.07) is 20.5. The van der Waals surface area contributed by atoms with Gasteiger partial charge >= 0.3 is 0 Å². The molecule has 1 atom stereocenters. The van der Waals surface area contributed by atoms with E-state index in [9.17, 15) is 13.2 Å². The zero-order valence-corrected chi connectivity index (χ0v) is 17.4. The minimum Gasteiger partial charge on any atom is -0.340 e. The van der Waals surface area contributed by atoms with Gasteiger partial charge in [-0.1, -0.05) is 60.7 Å². The van der Waals surface area contributed by atoms with Crippen LogP contribution in [-0.2, 0) is 14.6 Å². The maximum Gasteiger partial charge on any atom is 0.223 e. The van der Waals surface area contributed by atoms with Crippen molar-refractivity contribution in [1.29, 1.82) is 0 Å². The number of benzene rings is 2. The van der Waals surface area contributed by atoms with Crippen LogP contribution >= 0.6 is 0 Å². The van der Waals surface area contributed by atoms with Crippen LogP contribution < -0.4 is 0 Å². The molecule has 4 rings (SSSR count). The van der Waals surface area contributed by atoms with E-state index in [1.165, 1.54) is 0 Å². The van der Waals surface area contributed by atoms with Crippen molar-refractivity contribution in [3.63, 3.8) is 0 Å². The highest BCUT2D eigenvalue weighted by molar-refractivity contribution is 7.91. The minimum atomic E-state index is -2.87. The molecule has 2 saturated heterocycles. The number of carbonyl (C=O) groups excluding carboxylic acids is 1. The zero-order valence-electron chi connectivity index (χ0n) is 16.6. The number of amides is 1. The van der Waals surface area contributed by atoms with E-state index in [0.717, 1.165) is 30.6 Å². The lowest BCUT2D eigenvalue weighted by molar-refractivity contribution is -0.133. The molecule has 0 N–H and O–H groups in total. The summed E-state index contributed by atoms with van der Waals surface area (Å²) in [5.41, 5.74) is 2.31. The standard InChI is InChI=1S/C23H28N2O3S/c26-23(25-14-12-24(13-15-25)21-11-16-29(27,28)18-21)17-22(19-7-3-1-4-8-19)20-9-5-2-6-10-20/h1-10,21-22H,11-18H2/t21-/m1/s1. The summed E-state index contributed by atoms with van der Waals surface area (Å²) in [6.07, 6.45) is 1.17. The Morgan fingerprint density at radius 3 is 1.93 bits per heavy atom. The fraction of sp³-hybridized carbons (Fsp3) is 0.435. The van der Waals surface area contributed by atoms with Gasteiger partial charge in [-0.2, -0.15) is 0 Å². The van der Waals surface area contributed by atoms with E-state index < -0.39 is 9.84 Å². The smallest absolute Gasteiger partial charge is 0.223 e. The van der Waals surface area contributed by atoms with Crippen molar-refractivity contribution < 1.29 is 13.2 Å². The molecule has 6 heteroatoms. The first-order chi connectivity index (χ1) is 14.0. The summed E-state index contributed by atoms with van der Waals surface area (Å²) in [4.78, 5) is 17.3. The monoisotopic (exact) mass is 412 g/mol. The quantitative estimate of drug-likeness (QED) is 0.757. The molecule has 154 valence electrons. The van der Waals surface area contributed by atoms with Gasteiger partial charge in [-0.25, -0.2) is 8.42 Å².